The minimum atomic E-state index is -5.17. The van der Waals surface area contributed by atoms with Gasteiger partial charge in [-0.05, 0) is 0 Å². The van der Waals surface area contributed by atoms with E-state index in [0.29, 0.717) is 0 Å². The summed E-state index contributed by atoms with van der Waals surface area (Å²) in [5, 5.41) is 15.3. The third-order valence-electron chi connectivity index (χ3n) is 0. The monoisotopic (exact) mass is 287 g/mol. The average Bonchev–Trinajstić information content (AvgIpc) is 1.19. The second-order valence-corrected chi connectivity index (χ2v) is 1.49. The predicted molar refractivity (Wildman–Crippen MR) is 29.8 cm³/mol. The molecule has 0 amide bonds. The van der Waals surface area contributed by atoms with Gasteiger partial charge in [0.25, 0.3) is 0 Å². The summed E-state index contributed by atoms with van der Waals surface area (Å²) in [6.45, 7) is 0. The van der Waals surface area contributed by atoms with E-state index < -0.39 is 16.6 Å². The second-order valence-electron chi connectivity index (χ2n) is 0.674. The average molecular weight is 287 g/mol. The molecule has 0 aliphatic rings. The van der Waals surface area contributed by atoms with Gasteiger partial charge < -0.3 is 35.1 Å². The molecule has 77 valence electrons. The van der Waals surface area contributed by atoms with E-state index in [9.17, 15) is 0 Å². The first-order chi connectivity index (χ1) is 3.73. The number of carbonyl (C=O) groups is 1. The van der Waals surface area contributed by atoms with Gasteiger partial charge in [-0.1, -0.05) is 0 Å². The Labute approximate surface area is 114 Å². The summed E-state index contributed by atoms with van der Waals surface area (Å²) in [5.74, 6) is 0. The normalized spacial score (nSPS) is 6.31. The maximum atomic E-state index is 8.52. The molecule has 0 bridgehead atoms. The van der Waals surface area contributed by atoms with Gasteiger partial charge in [0.1, 0.15) is 0 Å². The largest absolute Gasteiger partial charge is 2.00 e. The van der Waals surface area contributed by atoms with Crippen LogP contribution in [-0.2, 0) is 27.5 Å². The van der Waals surface area contributed by atoms with Crippen LogP contribution in [0.3, 0.4) is 0 Å². The van der Waals surface area contributed by atoms with Crippen LogP contribution in [0.5, 0.6) is 0 Å². The van der Waals surface area contributed by atoms with Crippen molar-refractivity contribution in [2.24, 2.45) is 0 Å². The molecule has 0 unspecified atom stereocenters. The third kappa shape index (κ3) is 2140. The van der Waals surface area contributed by atoms with E-state index in [0.717, 1.165) is 0 Å². The first-order valence-corrected chi connectivity index (χ1v) is 2.63. The molecule has 0 aliphatic heterocycles. The minimum Gasteiger partial charge on any atom is -0.870 e. The van der Waals surface area contributed by atoms with E-state index in [1.54, 1.807) is 0 Å². The van der Waals surface area contributed by atoms with Crippen LogP contribution in [-0.4, -0.2) is 77.5 Å². The molecule has 0 aromatic carbocycles. The van der Waals surface area contributed by atoms with Gasteiger partial charge in [0.05, 0.1) is 0 Å². The first-order valence-electron chi connectivity index (χ1n) is 1.30. The van der Waals surface area contributed by atoms with Gasteiger partial charge in [0.15, 0.2) is 0 Å². The van der Waals surface area contributed by atoms with Gasteiger partial charge in [0, 0.05) is 10.4 Å². The molecule has 0 spiro atoms. The van der Waals surface area contributed by atoms with Crippen LogP contribution in [0, 0.1) is 0 Å². The molecule has 0 aromatic heterocycles. The fourth-order valence-electron chi connectivity index (χ4n) is 0. The van der Waals surface area contributed by atoms with Crippen molar-refractivity contribution >= 4 is 54.3 Å². The Morgan fingerprint density at radius 1 is 1.23 bits per heavy atom. The Morgan fingerprint density at radius 2 is 1.23 bits per heavy atom. The molecule has 1 radical (unpaired) electrons. The van der Waals surface area contributed by atoms with Crippen molar-refractivity contribution in [3.05, 3.63) is 0 Å². The first kappa shape index (κ1) is 37.1. The van der Waals surface area contributed by atoms with Gasteiger partial charge in [-0.3, -0.25) is 8.42 Å². The zero-order chi connectivity index (χ0) is 8.08. The molecule has 0 saturated carbocycles. The van der Waals surface area contributed by atoms with Crippen LogP contribution in [0.4, 0.5) is 4.79 Å². The molecule has 0 atom stereocenters. The molecule has 13 heavy (non-hydrogen) atoms. The van der Waals surface area contributed by atoms with Crippen molar-refractivity contribution in [1.29, 1.82) is 0 Å². The Hall–Kier alpha value is 0.839. The van der Waals surface area contributed by atoms with Gasteiger partial charge in [-0.25, -0.2) is 0 Å². The van der Waals surface area contributed by atoms with Gasteiger partial charge >= 0.3 is 54.8 Å². The summed E-state index contributed by atoms with van der Waals surface area (Å²) in [6.07, 6.45) is -2.08. The molecule has 12 heteroatoms. The second kappa shape index (κ2) is 18.6. The maximum absolute atomic E-state index is 8.52. The van der Waals surface area contributed by atoms with Gasteiger partial charge in [-0.15, -0.1) is 0 Å². The van der Waals surface area contributed by atoms with Crippen LogP contribution in [0.15, 0.2) is 0 Å². The Kier molecular flexibility index (Phi) is 53.1. The summed E-state index contributed by atoms with van der Waals surface area (Å²) in [6, 6.07) is 0. The summed E-state index contributed by atoms with van der Waals surface area (Å²) in [5.41, 5.74) is 0. The van der Waals surface area contributed by atoms with Crippen molar-refractivity contribution in [2.75, 3.05) is 0 Å². The van der Waals surface area contributed by atoms with E-state index in [-0.39, 0.29) is 65.8 Å². The minimum absolute atomic E-state index is 0. The van der Waals surface area contributed by atoms with Crippen LogP contribution < -0.4 is 5.11 Å². The van der Waals surface area contributed by atoms with E-state index in [1.165, 1.54) is 0 Å². The SMILES string of the molecule is O.O=C([O-])O.O=S(=O)([O-])[O-].[Ca+2].[Mn+2].[OH-]. The topological polar surface area (TPSA) is 202 Å². The Morgan fingerprint density at radius 3 is 1.23 bits per heavy atom. The molecule has 0 rings (SSSR count). The maximum Gasteiger partial charge on any atom is 2.00 e. The van der Waals surface area contributed by atoms with E-state index in [2.05, 4.69) is 0 Å². The molecule has 0 aliphatic carbocycles. The fourth-order valence-corrected chi connectivity index (χ4v) is 0. The zero-order valence-electron chi connectivity index (χ0n) is 5.84. The number of carboxylic acid groups (broad SMARTS) is 2. The van der Waals surface area contributed by atoms with Crippen LogP contribution in [0.25, 0.3) is 0 Å². The molecular weight excluding hydrogens is 283 g/mol. The van der Waals surface area contributed by atoms with Crippen LogP contribution >= 0.6 is 0 Å². The standard InChI is InChI=1S/CH2O3.Ca.Mn.H2O4S.2H2O/c2-1(3)4;;;1-5(2,3)4;;/h(H2,2,3,4);;;(H2,1,2,3,4);2*1H2/q;2*+2;;;/p-4. The van der Waals surface area contributed by atoms with Crippen LogP contribution in [0.1, 0.15) is 0 Å². The molecule has 0 saturated heterocycles. The molecule has 0 heterocycles. The van der Waals surface area contributed by atoms with Crippen molar-refractivity contribution < 1.29 is 60.6 Å². The molecule has 9 nitrogen and oxygen atoms in total. The molecular formula is CH4CaMnO9S. The number of hydrogen-bond donors (Lipinski definition) is 1. The van der Waals surface area contributed by atoms with Crippen molar-refractivity contribution in [3.63, 3.8) is 0 Å². The molecule has 0 aromatic rings. The summed E-state index contributed by atoms with van der Waals surface area (Å²) in [4.78, 5) is 8.44. The fraction of sp³-hybridized carbons (Fsp3) is 0. The van der Waals surface area contributed by atoms with Gasteiger partial charge in [0.2, 0.25) is 6.16 Å². The summed E-state index contributed by atoms with van der Waals surface area (Å²) >= 11 is 0. The number of hydrogen-bond acceptors (Lipinski definition) is 7. The van der Waals surface area contributed by atoms with Crippen molar-refractivity contribution in [1.82, 2.24) is 0 Å². The molecule has 4 N–H and O–H groups in total. The quantitative estimate of drug-likeness (QED) is 0.265. The van der Waals surface area contributed by atoms with Crippen molar-refractivity contribution in [3.8, 4) is 0 Å². The third-order valence-corrected chi connectivity index (χ3v) is 0. The molecule has 0 fully saturated rings. The van der Waals surface area contributed by atoms with E-state index >= 15 is 0 Å². The van der Waals surface area contributed by atoms with Crippen molar-refractivity contribution in [2.45, 2.75) is 0 Å². The zero-order valence-corrected chi connectivity index (χ0v) is 10.0. The Bertz CT molecular complexity index is 162. The summed E-state index contributed by atoms with van der Waals surface area (Å²) < 4.78 is 34.1. The van der Waals surface area contributed by atoms with E-state index in [1.807, 2.05) is 0 Å². The predicted octanol–water partition coefficient (Wildman–Crippen LogP) is -3.84. The van der Waals surface area contributed by atoms with Crippen LogP contribution in [0.2, 0.25) is 0 Å². The van der Waals surface area contributed by atoms with Gasteiger partial charge in [-0.2, -0.15) is 0 Å². The Balaban J connectivity index is -0.0000000146. The number of rotatable bonds is 0. The van der Waals surface area contributed by atoms with E-state index in [4.69, 9.17) is 32.5 Å². The smallest absolute Gasteiger partial charge is 0.870 e. The summed E-state index contributed by atoms with van der Waals surface area (Å²) in [7, 11) is -5.17.